The number of hydrogen-bond acceptors (Lipinski definition) is 7. The highest BCUT2D eigenvalue weighted by molar-refractivity contribution is 14.1. The summed E-state index contributed by atoms with van der Waals surface area (Å²) >= 11 is 1.68. The first kappa shape index (κ1) is 18.6. The van der Waals surface area contributed by atoms with Crippen molar-refractivity contribution < 1.29 is 28.2 Å². The van der Waals surface area contributed by atoms with Crippen molar-refractivity contribution in [2.24, 2.45) is 0 Å². The van der Waals surface area contributed by atoms with Crippen molar-refractivity contribution >= 4 is 34.5 Å². The normalized spacial score (nSPS) is 29.2. The zero-order chi connectivity index (χ0) is 18.1. The standard InChI is InChI=1S/C13H14FIN2O7/c1-6(18)22-9-10(23-7(2)19)13(14,5-15)24-11(9)17-4-3-8(20)16-12(17)21/h3-4,9-11H,5H2,1-2H3,(H,16,20,21)/t9-,10+,11-,13-/m1/s1. The lowest BCUT2D eigenvalue weighted by Gasteiger charge is -2.25. The van der Waals surface area contributed by atoms with Crippen LogP contribution >= 0.6 is 22.6 Å². The molecule has 0 unspecified atom stereocenters. The van der Waals surface area contributed by atoms with E-state index in [1.54, 1.807) is 22.6 Å². The number of halogens is 2. The maximum absolute atomic E-state index is 15.0. The molecule has 0 spiro atoms. The van der Waals surface area contributed by atoms with Crippen LogP contribution in [0, 0.1) is 0 Å². The number of H-pyrrole nitrogens is 1. The fourth-order valence-electron chi connectivity index (χ4n) is 2.33. The number of alkyl halides is 2. The first-order chi connectivity index (χ1) is 11.2. The third-order valence-corrected chi connectivity index (χ3v) is 4.26. The van der Waals surface area contributed by atoms with Crippen molar-refractivity contribution in [3.05, 3.63) is 33.1 Å². The SMILES string of the molecule is CC(=O)O[C@H]1[C@H](n2ccc(=O)[nH]c2=O)O[C@](F)(CI)[C@H]1OC(C)=O. The number of rotatable bonds is 4. The van der Waals surface area contributed by atoms with Gasteiger partial charge in [-0.1, -0.05) is 22.6 Å². The molecule has 4 atom stereocenters. The Morgan fingerprint density at radius 1 is 1.38 bits per heavy atom. The monoisotopic (exact) mass is 456 g/mol. The highest BCUT2D eigenvalue weighted by atomic mass is 127. The highest BCUT2D eigenvalue weighted by Gasteiger charge is 2.60. The predicted molar refractivity (Wildman–Crippen MR) is 85.3 cm³/mol. The van der Waals surface area contributed by atoms with Crippen LogP contribution in [0.25, 0.3) is 0 Å². The lowest BCUT2D eigenvalue weighted by molar-refractivity contribution is -0.189. The van der Waals surface area contributed by atoms with Crippen molar-refractivity contribution in [2.75, 3.05) is 4.43 Å². The van der Waals surface area contributed by atoms with Gasteiger partial charge in [0.05, 0.1) is 4.43 Å². The first-order valence-electron chi connectivity index (χ1n) is 6.76. The maximum atomic E-state index is 15.0. The average molecular weight is 456 g/mol. The van der Waals surface area contributed by atoms with E-state index in [-0.39, 0.29) is 4.43 Å². The van der Waals surface area contributed by atoms with Crippen LogP contribution in [0.4, 0.5) is 4.39 Å². The van der Waals surface area contributed by atoms with Gasteiger partial charge in [0, 0.05) is 26.1 Å². The number of aromatic amines is 1. The van der Waals surface area contributed by atoms with Gasteiger partial charge in [0.1, 0.15) is 0 Å². The molecule has 0 radical (unpaired) electrons. The molecule has 1 saturated heterocycles. The summed E-state index contributed by atoms with van der Waals surface area (Å²) in [7, 11) is 0. The van der Waals surface area contributed by atoms with E-state index in [9.17, 15) is 19.2 Å². The van der Waals surface area contributed by atoms with Crippen molar-refractivity contribution in [3.63, 3.8) is 0 Å². The van der Waals surface area contributed by atoms with E-state index in [0.29, 0.717) is 0 Å². The maximum Gasteiger partial charge on any atom is 0.330 e. The summed E-state index contributed by atoms with van der Waals surface area (Å²) in [6, 6.07) is 1.03. The Morgan fingerprint density at radius 2 is 2.00 bits per heavy atom. The molecule has 1 aliphatic rings. The third-order valence-electron chi connectivity index (χ3n) is 3.22. The zero-order valence-electron chi connectivity index (χ0n) is 12.7. The topological polar surface area (TPSA) is 117 Å². The average Bonchev–Trinajstić information content (AvgIpc) is 2.72. The summed E-state index contributed by atoms with van der Waals surface area (Å²) in [4.78, 5) is 47.7. The van der Waals surface area contributed by atoms with Gasteiger partial charge in [0.2, 0.25) is 6.10 Å². The molecule has 9 nitrogen and oxygen atoms in total. The molecule has 2 heterocycles. The second-order valence-electron chi connectivity index (χ2n) is 5.05. The summed E-state index contributed by atoms with van der Waals surface area (Å²) < 4.78 is 30.9. The molecular formula is C13H14FIN2O7. The molecule has 0 saturated carbocycles. The number of hydrogen-bond donors (Lipinski definition) is 1. The predicted octanol–water partition coefficient (Wildman–Crippen LogP) is 0.0296. The molecule has 1 aromatic rings. The first-order valence-corrected chi connectivity index (χ1v) is 8.29. The molecular weight excluding hydrogens is 442 g/mol. The Hall–Kier alpha value is -1.76. The lowest BCUT2D eigenvalue weighted by atomic mass is 10.1. The number of esters is 2. The van der Waals surface area contributed by atoms with Crippen LogP contribution in [0.2, 0.25) is 0 Å². The van der Waals surface area contributed by atoms with Crippen LogP contribution < -0.4 is 11.2 Å². The Labute approximate surface area is 148 Å². The number of ether oxygens (including phenoxy) is 3. The second-order valence-corrected chi connectivity index (χ2v) is 5.81. The van der Waals surface area contributed by atoms with Crippen LogP contribution in [0.1, 0.15) is 20.1 Å². The van der Waals surface area contributed by atoms with Gasteiger partial charge in [-0.25, -0.2) is 9.18 Å². The summed E-state index contributed by atoms with van der Waals surface area (Å²) in [5.74, 6) is -4.06. The minimum atomic E-state index is -2.48. The number of nitrogens with one attached hydrogen (secondary N) is 1. The molecule has 1 N–H and O–H groups in total. The van der Waals surface area contributed by atoms with E-state index < -0.39 is 47.5 Å². The molecule has 24 heavy (non-hydrogen) atoms. The van der Waals surface area contributed by atoms with Crippen LogP contribution in [0.3, 0.4) is 0 Å². The van der Waals surface area contributed by atoms with E-state index in [1.165, 1.54) is 0 Å². The zero-order valence-corrected chi connectivity index (χ0v) is 14.8. The highest BCUT2D eigenvalue weighted by Crippen LogP contribution is 2.42. The Balaban J connectivity index is 2.52. The van der Waals surface area contributed by atoms with Gasteiger partial charge in [0.25, 0.3) is 11.4 Å². The van der Waals surface area contributed by atoms with Gasteiger partial charge in [-0.05, 0) is 0 Å². The molecule has 1 aromatic heterocycles. The van der Waals surface area contributed by atoms with Crippen LogP contribution in [-0.2, 0) is 23.8 Å². The summed E-state index contributed by atoms with van der Waals surface area (Å²) in [6.07, 6.45) is -3.32. The minimum absolute atomic E-state index is 0.255. The Morgan fingerprint density at radius 3 is 2.50 bits per heavy atom. The van der Waals surface area contributed by atoms with Gasteiger partial charge >= 0.3 is 17.6 Å². The summed E-state index contributed by atoms with van der Waals surface area (Å²) in [6.45, 7) is 2.15. The van der Waals surface area contributed by atoms with Crippen molar-refractivity contribution in [1.82, 2.24) is 9.55 Å². The molecule has 0 aromatic carbocycles. The quantitative estimate of drug-likeness (QED) is 0.386. The van der Waals surface area contributed by atoms with Crippen LogP contribution in [0.5, 0.6) is 0 Å². The van der Waals surface area contributed by atoms with Gasteiger partial charge in [0.15, 0.2) is 12.3 Å². The summed E-state index contributed by atoms with van der Waals surface area (Å²) in [5, 5.41) is 0. The summed E-state index contributed by atoms with van der Waals surface area (Å²) in [5.41, 5.74) is -1.54. The van der Waals surface area contributed by atoms with Crippen LogP contribution in [0.15, 0.2) is 21.9 Å². The van der Waals surface area contributed by atoms with Crippen molar-refractivity contribution in [3.8, 4) is 0 Å². The molecule has 2 rings (SSSR count). The van der Waals surface area contributed by atoms with E-state index in [4.69, 9.17) is 14.2 Å². The van der Waals surface area contributed by atoms with Gasteiger partial charge in [-0.2, -0.15) is 0 Å². The molecule has 0 amide bonds. The molecule has 11 heteroatoms. The second kappa shape index (κ2) is 7.01. The number of carbonyl (C=O) groups excluding carboxylic acids is 2. The third kappa shape index (κ3) is 3.66. The van der Waals surface area contributed by atoms with Crippen LogP contribution in [-0.4, -0.2) is 44.0 Å². The largest absolute Gasteiger partial charge is 0.453 e. The smallest absolute Gasteiger partial charge is 0.330 e. The number of carbonyl (C=O) groups is 2. The molecule has 1 fully saturated rings. The number of nitrogens with zero attached hydrogens (tertiary/aromatic N) is 1. The van der Waals surface area contributed by atoms with E-state index in [0.717, 1.165) is 30.7 Å². The Kier molecular flexibility index (Phi) is 5.42. The lowest BCUT2D eigenvalue weighted by Crippen LogP contribution is -2.45. The van der Waals surface area contributed by atoms with E-state index in [1.807, 2.05) is 4.98 Å². The van der Waals surface area contributed by atoms with Gasteiger partial charge < -0.3 is 14.2 Å². The fraction of sp³-hybridized carbons (Fsp3) is 0.538. The van der Waals surface area contributed by atoms with Gasteiger partial charge in [-0.3, -0.25) is 23.9 Å². The fourth-order valence-corrected chi connectivity index (χ4v) is 2.94. The Bertz CT molecular complexity index is 763. The minimum Gasteiger partial charge on any atom is -0.453 e. The molecule has 132 valence electrons. The van der Waals surface area contributed by atoms with Crippen molar-refractivity contribution in [1.29, 1.82) is 0 Å². The van der Waals surface area contributed by atoms with E-state index in [2.05, 4.69) is 0 Å². The molecule has 0 aliphatic carbocycles. The van der Waals surface area contributed by atoms with Gasteiger partial charge in [-0.15, -0.1) is 0 Å². The van der Waals surface area contributed by atoms with Crippen molar-refractivity contribution in [2.45, 2.75) is 38.1 Å². The van der Waals surface area contributed by atoms with E-state index >= 15 is 4.39 Å². The number of aromatic nitrogens is 2. The molecule has 1 aliphatic heterocycles. The molecule has 0 bridgehead atoms.